The van der Waals surface area contributed by atoms with Crippen molar-refractivity contribution in [3.8, 4) is 0 Å². The number of aryl methyl sites for hydroxylation is 1. The molecule has 0 fully saturated rings. The van der Waals surface area contributed by atoms with Crippen molar-refractivity contribution in [2.24, 2.45) is 0 Å². The van der Waals surface area contributed by atoms with Crippen LogP contribution in [0, 0.1) is 0 Å². The number of aromatic nitrogens is 2. The van der Waals surface area contributed by atoms with Crippen LogP contribution in [0.1, 0.15) is 28.0 Å². The Hall–Kier alpha value is -2.54. The summed E-state index contributed by atoms with van der Waals surface area (Å²) in [6, 6.07) is 4.48. The molecule has 3 amide bonds. The summed E-state index contributed by atoms with van der Waals surface area (Å²) < 4.78 is 0. The fourth-order valence-electron chi connectivity index (χ4n) is 2.79. The van der Waals surface area contributed by atoms with Gasteiger partial charge in [-0.1, -0.05) is 11.6 Å². The van der Waals surface area contributed by atoms with Crippen LogP contribution in [0.25, 0.3) is 0 Å². The predicted molar refractivity (Wildman–Crippen MR) is 91.4 cm³/mol. The zero-order chi connectivity index (χ0) is 17.1. The van der Waals surface area contributed by atoms with Gasteiger partial charge in [-0.15, -0.1) is 0 Å². The van der Waals surface area contributed by atoms with E-state index in [1.807, 2.05) is 0 Å². The van der Waals surface area contributed by atoms with Crippen LogP contribution in [-0.2, 0) is 12.8 Å². The van der Waals surface area contributed by atoms with Crippen LogP contribution in [0.4, 0.5) is 10.5 Å². The van der Waals surface area contributed by atoms with Gasteiger partial charge in [-0.25, -0.2) is 4.79 Å². The zero-order valence-corrected chi connectivity index (χ0v) is 13.9. The molecule has 0 spiro atoms. The molecule has 3 rings (SSSR count). The number of benzene rings is 1. The number of H-pyrrole nitrogens is 1. The molecule has 1 aromatic heterocycles. The summed E-state index contributed by atoms with van der Waals surface area (Å²) in [6.07, 6.45) is 4.27. The molecular weight excluding hydrogens is 330 g/mol. The number of urea groups is 1. The Morgan fingerprint density at radius 2 is 2.21 bits per heavy atom. The van der Waals surface area contributed by atoms with Crippen LogP contribution in [-0.4, -0.2) is 35.2 Å². The smallest absolute Gasteiger partial charge is 0.319 e. The Labute approximate surface area is 144 Å². The molecule has 0 saturated heterocycles. The third-order valence-electron chi connectivity index (χ3n) is 4.06. The molecule has 0 aliphatic heterocycles. The Kier molecular flexibility index (Phi) is 4.71. The SMILES string of the molecule is CNC(=O)c1ccc(NC(=O)NC2CCc3[nH]ncc3C2)c(Cl)c1. The number of nitrogens with one attached hydrogen (secondary N) is 4. The van der Waals surface area contributed by atoms with Crippen LogP contribution >= 0.6 is 11.6 Å². The van der Waals surface area contributed by atoms with Crippen molar-refractivity contribution in [2.75, 3.05) is 12.4 Å². The lowest BCUT2D eigenvalue weighted by atomic mass is 9.94. The van der Waals surface area contributed by atoms with Crippen molar-refractivity contribution in [3.63, 3.8) is 0 Å². The molecule has 4 N–H and O–H groups in total. The average molecular weight is 348 g/mol. The van der Waals surface area contributed by atoms with Crippen molar-refractivity contribution < 1.29 is 9.59 Å². The maximum absolute atomic E-state index is 12.2. The van der Waals surface area contributed by atoms with E-state index >= 15 is 0 Å². The van der Waals surface area contributed by atoms with Crippen molar-refractivity contribution >= 4 is 29.2 Å². The lowest BCUT2D eigenvalue weighted by molar-refractivity contribution is 0.0963. The van der Waals surface area contributed by atoms with E-state index in [-0.39, 0.29) is 18.0 Å². The fraction of sp³-hybridized carbons (Fsp3) is 0.312. The number of aromatic amines is 1. The van der Waals surface area contributed by atoms with E-state index in [2.05, 4.69) is 26.1 Å². The molecule has 1 aromatic carbocycles. The van der Waals surface area contributed by atoms with Gasteiger partial charge >= 0.3 is 6.03 Å². The van der Waals surface area contributed by atoms with Gasteiger partial charge in [0.15, 0.2) is 0 Å². The molecule has 1 aliphatic rings. The molecule has 0 bridgehead atoms. The van der Waals surface area contributed by atoms with Crippen molar-refractivity contribution in [1.82, 2.24) is 20.8 Å². The summed E-state index contributed by atoms with van der Waals surface area (Å²) in [5, 5.41) is 15.5. The molecule has 126 valence electrons. The van der Waals surface area contributed by atoms with Gasteiger partial charge < -0.3 is 16.0 Å². The maximum atomic E-state index is 12.2. The highest BCUT2D eigenvalue weighted by molar-refractivity contribution is 6.34. The second-order valence-corrected chi connectivity index (χ2v) is 6.09. The highest BCUT2D eigenvalue weighted by Gasteiger charge is 2.21. The van der Waals surface area contributed by atoms with Gasteiger partial charge in [0.25, 0.3) is 5.91 Å². The van der Waals surface area contributed by atoms with E-state index in [1.54, 1.807) is 25.4 Å². The van der Waals surface area contributed by atoms with Gasteiger partial charge in [-0.05, 0) is 43.0 Å². The first-order chi connectivity index (χ1) is 11.6. The Morgan fingerprint density at radius 1 is 1.38 bits per heavy atom. The standard InChI is InChI=1S/C16H18ClN5O2/c1-18-15(23)9-2-4-14(12(17)7-9)21-16(24)20-11-3-5-13-10(6-11)8-19-22-13/h2,4,7-8,11H,3,5-6H2,1H3,(H,18,23)(H,19,22)(H2,20,21,24). The van der Waals surface area contributed by atoms with E-state index in [9.17, 15) is 9.59 Å². The van der Waals surface area contributed by atoms with Gasteiger partial charge in [-0.2, -0.15) is 5.10 Å². The second-order valence-electron chi connectivity index (χ2n) is 5.69. The molecule has 0 saturated carbocycles. The minimum Gasteiger partial charge on any atom is -0.355 e. The predicted octanol–water partition coefficient (Wildman–Crippen LogP) is 2.10. The van der Waals surface area contributed by atoms with Gasteiger partial charge in [0.2, 0.25) is 0 Å². The van der Waals surface area contributed by atoms with Crippen LogP contribution in [0.5, 0.6) is 0 Å². The number of hydrogen-bond acceptors (Lipinski definition) is 3. The lowest BCUT2D eigenvalue weighted by Crippen LogP contribution is -2.41. The normalized spacial score (nSPS) is 16.2. The third-order valence-corrected chi connectivity index (χ3v) is 4.37. The summed E-state index contributed by atoms with van der Waals surface area (Å²) >= 11 is 6.13. The molecule has 1 atom stereocenters. The number of hydrogen-bond donors (Lipinski definition) is 4. The fourth-order valence-corrected chi connectivity index (χ4v) is 3.01. The Bertz CT molecular complexity index is 774. The first-order valence-electron chi connectivity index (χ1n) is 7.67. The molecule has 1 heterocycles. The van der Waals surface area contributed by atoms with E-state index in [0.717, 1.165) is 30.5 Å². The Morgan fingerprint density at radius 3 is 2.96 bits per heavy atom. The van der Waals surface area contributed by atoms with E-state index in [1.165, 1.54) is 6.07 Å². The molecular formula is C16H18ClN5O2. The number of fused-ring (bicyclic) bond motifs is 1. The largest absolute Gasteiger partial charge is 0.355 e. The summed E-state index contributed by atoms with van der Waals surface area (Å²) in [5.41, 5.74) is 3.18. The zero-order valence-electron chi connectivity index (χ0n) is 13.1. The topological polar surface area (TPSA) is 98.9 Å². The number of rotatable bonds is 3. The monoisotopic (exact) mass is 347 g/mol. The minimum absolute atomic E-state index is 0.0546. The van der Waals surface area contributed by atoms with Crippen molar-refractivity contribution in [2.45, 2.75) is 25.3 Å². The highest BCUT2D eigenvalue weighted by Crippen LogP contribution is 2.23. The molecule has 8 heteroatoms. The molecule has 0 radical (unpaired) electrons. The lowest BCUT2D eigenvalue weighted by Gasteiger charge is -2.23. The molecule has 24 heavy (non-hydrogen) atoms. The van der Waals surface area contributed by atoms with Crippen molar-refractivity contribution in [1.29, 1.82) is 0 Å². The maximum Gasteiger partial charge on any atom is 0.319 e. The first-order valence-corrected chi connectivity index (χ1v) is 8.05. The van der Waals surface area contributed by atoms with E-state index in [4.69, 9.17) is 11.6 Å². The van der Waals surface area contributed by atoms with Crippen LogP contribution in [0.3, 0.4) is 0 Å². The van der Waals surface area contributed by atoms with Gasteiger partial charge in [0, 0.05) is 24.3 Å². The molecule has 2 aromatic rings. The first kappa shape index (κ1) is 16.3. The second kappa shape index (κ2) is 6.92. The van der Waals surface area contributed by atoms with E-state index in [0.29, 0.717) is 16.3 Å². The van der Waals surface area contributed by atoms with E-state index < -0.39 is 0 Å². The summed E-state index contributed by atoms with van der Waals surface area (Å²) in [7, 11) is 1.55. The van der Waals surface area contributed by atoms with Crippen LogP contribution in [0.15, 0.2) is 24.4 Å². The molecule has 1 aliphatic carbocycles. The summed E-state index contributed by atoms with van der Waals surface area (Å²) in [5.74, 6) is -0.231. The quantitative estimate of drug-likeness (QED) is 0.684. The number of amides is 3. The number of carbonyl (C=O) groups is 2. The van der Waals surface area contributed by atoms with Gasteiger partial charge in [0.05, 0.1) is 16.9 Å². The number of nitrogens with zero attached hydrogens (tertiary/aromatic N) is 1. The minimum atomic E-state index is -0.318. The number of halogens is 1. The number of anilines is 1. The highest BCUT2D eigenvalue weighted by atomic mass is 35.5. The van der Waals surface area contributed by atoms with Gasteiger partial charge in [-0.3, -0.25) is 9.89 Å². The summed E-state index contributed by atoms with van der Waals surface area (Å²) in [4.78, 5) is 23.7. The molecule has 7 nitrogen and oxygen atoms in total. The summed E-state index contributed by atoms with van der Waals surface area (Å²) in [6.45, 7) is 0. The van der Waals surface area contributed by atoms with Crippen LogP contribution in [0.2, 0.25) is 5.02 Å². The van der Waals surface area contributed by atoms with Crippen molar-refractivity contribution in [3.05, 3.63) is 46.2 Å². The molecule has 1 unspecified atom stereocenters. The van der Waals surface area contributed by atoms with Crippen LogP contribution < -0.4 is 16.0 Å². The average Bonchev–Trinajstić information content (AvgIpc) is 3.03. The van der Waals surface area contributed by atoms with Gasteiger partial charge in [0.1, 0.15) is 0 Å². The number of carbonyl (C=O) groups excluding carboxylic acids is 2. The third kappa shape index (κ3) is 3.51. The Balaban J connectivity index is 1.60.